The highest BCUT2D eigenvalue weighted by Crippen LogP contribution is 2.09. The Kier molecular flexibility index (Phi) is 3.16. The van der Waals surface area contributed by atoms with E-state index in [1.165, 1.54) is 0 Å². The lowest BCUT2D eigenvalue weighted by molar-refractivity contribution is 0.598. The summed E-state index contributed by atoms with van der Waals surface area (Å²) in [5.74, 6) is 0.398. The zero-order chi connectivity index (χ0) is 12.3. The molecular formula is C9H11N5O2S. The normalized spacial score (nSPS) is 11.6. The molecule has 0 radical (unpaired) electrons. The number of pyridine rings is 1. The minimum Gasteiger partial charge on any atom is -0.369 e. The maximum Gasteiger partial charge on any atom is 0.210 e. The molecule has 8 heteroatoms. The molecule has 2 heterocycles. The van der Waals surface area contributed by atoms with Crippen LogP contribution in [0.1, 0.15) is 0 Å². The lowest BCUT2D eigenvalue weighted by Crippen LogP contribution is -2.22. The number of aromatic nitrogens is 3. The lowest BCUT2D eigenvalue weighted by Gasteiger charge is -2.04. The van der Waals surface area contributed by atoms with Gasteiger partial charge in [-0.2, -0.15) is 0 Å². The smallest absolute Gasteiger partial charge is 0.210 e. The zero-order valence-corrected chi connectivity index (χ0v) is 9.68. The summed E-state index contributed by atoms with van der Waals surface area (Å²) in [6, 6.07) is 3.47. The van der Waals surface area contributed by atoms with Crippen molar-refractivity contribution in [2.24, 2.45) is 5.14 Å². The summed E-state index contributed by atoms with van der Waals surface area (Å²) in [4.78, 5) is 12.3. The van der Waals surface area contributed by atoms with Gasteiger partial charge >= 0.3 is 0 Å². The third kappa shape index (κ3) is 3.33. The van der Waals surface area contributed by atoms with Crippen molar-refractivity contribution in [1.82, 2.24) is 15.0 Å². The molecule has 2 aromatic rings. The van der Waals surface area contributed by atoms with Gasteiger partial charge in [-0.1, -0.05) is 0 Å². The monoisotopic (exact) mass is 253 g/mol. The number of nitrogens with two attached hydrogens (primary N) is 1. The van der Waals surface area contributed by atoms with Crippen molar-refractivity contribution in [1.29, 1.82) is 0 Å². The van der Waals surface area contributed by atoms with Gasteiger partial charge in [0.15, 0.2) is 5.65 Å². The first-order valence-corrected chi connectivity index (χ1v) is 6.58. The number of hydrogen-bond donors (Lipinski definition) is 2. The van der Waals surface area contributed by atoms with Gasteiger partial charge in [-0.25, -0.2) is 23.5 Å². The van der Waals surface area contributed by atoms with E-state index in [1.54, 1.807) is 24.5 Å². The second kappa shape index (κ2) is 4.60. The Bertz CT molecular complexity index is 628. The minimum absolute atomic E-state index is 0.146. The predicted octanol–water partition coefficient (Wildman–Crippen LogP) is -0.275. The highest BCUT2D eigenvalue weighted by Gasteiger charge is 2.03. The van der Waals surface area contributed by atoms with Gasteiger partial charge in [0.25, 0.3) is 0 Å². The van der Waals surface area contributed by atoms with Crippen molar-refractivity contribution < 1.29 is 8.42 Å². The van der Waals surface area contributed by atoms with Crippen molar-refractivity contribution in [2.75, 3.05) is 17.6 Å². The number of fused-ring (bicyclic) bond motifs is 1. The average Bonchev–Trinajstić information content (AvgIpc) is 2.27. The SMILES string of the molecule is NS(=O)(=O)CCNc1ccc2nccnc2n1. The van der Waals surface area contributed by atoms with E-state index in [4.69, 9.17) is 5.14 Å². The van der Waals surface area contributed by atoms with Crippen molar-refractivity contribution >= 4 is 27.0 Å². The molecular weight excluding hydrogens is 242 g/mol. The van der Waals surface area contributed by atoms with E-state index in [0.29, 0.717) is 17.0 Å². The molecule has 0 saturated carbocycles. The molecule has 3 N–H and O–H groups in total. The van der Waals surface area contributed by atoms with Gasteiger partial charge in [0.1, 0.15) is 11.3 Å². The predicted molar refractivity (Wildman–Crippen MR) is 63.8 cm³/mol. The summed E-state index contributed by atoms with van der Waals surface area (Å²) >= 11 is 0. The number of primary sulfonamides is 1. The quantitative estimate of drug-likeness (QED) is 0.775. The third-order valence-electron chi connectivity index (χ3n) is 2.02. The standard InChI is InChI=1S/C9H11N5O2S/c10-17(15,16)6-5-12-8-2-1-7-9(14-8)13-4-3-11-7/h1-4H,5-6H2,(H2,10,15,16)(H,12,13,14). The number of nitrogens with one attached hydrogen (secondary N) is 1. The van der Waals surface area contributed by atoms with Crippen molar-refractivity contribution in [3.05, 3.63) is 24.5 Å². The molecule has 0 aliphatic rings. The second-order valence-electron chi connectivity index (χ2n) is 3.39. The minimum atomic E-state index is -3.46. The van der Waals surface area contributed by atoms with Gasteiger partial charge in [0.2, 0.25) is 10.0 Å². The van der Waals surface area contributed by atoms with E-state index >= 15 is 0 Å². The van der Waals surface area contributed by atoms with Crippen LogP contribution in [-0.4, -0.2) is 35.7 Å². The van der Waals surface area contributed by atoms with Crippen LogP contribution in [0.15, 0.2) is 24.5 Å². The highest BCUT2D eigenvalue weighted by atomic mass is 32.2. The molecule has 2 rings (SSSR count). The van der Waals surface area contributed by atoms with Crippen LogP contribution in [0.2, 0.25) is 0 Å². The topological polar surface area (TPSA) is 111 Å². The van der Waals surface area contributed by atoms with Gasteiger partial charge in [0.05, 0.1) is 5.75 Å². The maximum atomic E-state index is 10.7. The Morgan fingerprint density at radius 3 is 2.76 bits per heavy atom. The molecule has 0 spiro atoms. The van der Waals surface area contributed by atoms with E-state index < -0.39 is 10.0 Å². The second-order valence-corrected chi connectivity index (χ2v) is 5.12. The van der Waals surface area contributed by atoms with Gasteiger partial charge < -0.3 is 5.32 Å². The van der Waals surface area contributed by atoms with E-state index in [9.17, 15) is 8.42 Å². The fourth-order valence-corrected chi connectivity index (χ4v) is 1.66. The number of sulfonamides is 1. The van der Waals surface area contributed by atoms with Crippen LogP contribution in [0.5, 0.6) is 0 Å². The Balaban J connectivity index is 2.09. The molecule has 0 bridgehead atoms. The fourth-order valence-electron chi connectivity index (χ4n) is 1.27. The molecule has 0 amide bonds. The summed E-state index contributed by atoms with van der Waals surface area (Å²) in [5, 5.41) is 7.73. The number of hydrogen-bond acceptors (Lipinski definition) is 6. The van der Waals surface area contributed by atoms with Crippen LogP contribution >= 0.6 is 0 Å². The van der Waals surface area contributed by atoms with Crippen molar-refractivity contribution in [3.8, 4) is 0 Å². The molecule has 0 saturated heterocycles. The van der Waals surface area contributed by atoms with Gasteiger partial charge in [0, 0.05) is 18.9 Å². The summed E-state index contributed by atoms with van der Waals surface area (Å²) in [7, 11) is -3.46. The molecule has 0 atom stereocenters. The van der Waals surface area contributed by atoms with Crippen LogP contribution in [0.3, 0.4) is 0 Å². The summed E-state index contributed by atoms with van der Waals surface area (Å²) in [6.45, 7) is 0.206. The van der Waals surface area contributed by atoms with Crippen LogP contribution < -0.4 is 10.5 Å². The first-order chi connectivity index (χ1) is 8.04. The molecule has 0 unspecified atom stereocenters. The largest absolute Gasteiger partial charge is 0.369 e. The van der Waals surface area contributed by atoms with Crippen molar-refractivity contribution in [3.63, 3.8) is 0 Å². The summed E-state index contributed by atoms with van der Waals surface area (Å²) < 4.78 is 21.5. The molecule has 7 nitrogen and oxygen atoms in total. The lowest BCUT2D eigenvalue weighted by atomic mass is 10.4. The van der Waals surface area contributed by atoms with Gasteiger partial charge in [-0.3, -0.25) is 4.98 Å². The molecule has 2 aromatic heterocycles. The highest BCUT2D eigenvalue weighted by molar-refractivity contribution is 7.89. The van der Waals surface area contributed by atoms with Gasteiger partial charge in [-0.15, -0.1) is 0 Å². The zero-order valence-electron chi connectivity index (χ0n) is 8.87. The first-order valence-electron chi connectivity index (χ1n) is 4.87. The summed E-state index contributed by atoms with van der Waals surface area (Å²) in [6.07, 6.45) is 3.13. The fraction of sp³-hybridized carbons (Fsp3) is 0.222. The Hall–Kier alpha value is -1.80. The number of anilines is 1. The van der Waals surface area contributed by atoms with Gasteiger partial charge in [-0.05, 0) is 12.1 Å². The molecule has 0 fully saturated rings. The molecule has 0 aliphatic carbocycles. The third-order valence-corrected chi connectivity index (χ3v) is 2.80. The van der Waals surface area contributed by atoms with Crippen LogP contribution in [0, 0.1) is 0 Å². The number of nitrogens with zero attached hydrogens (tertiary/aromatic N) is 3. The number of rotatable bonds is 4. The van der Waals surface area contributed by atoms with Crippen LogP contribution in [0.25, 0.3) is 11.2 Å². The molecule has 90 valence electrons. The van der Waals surface area contributed by atoms with Crippen LogP contribution in [0.4, 0.5) is 5.82 Å². The van der Waals surface area contributed by atoms with E-state index in [-0.39, 0.29) is 12.3 Å². The van der Waals surface area contributed by atoms with E-state index in [0.717, 1.165) is 0 Å². The first kappa shape index (κ1) is 11.7. The van der Waals surface area contributed by atoms with E-state index in [1.807, 2.05) is 0 Å². The maximum absolute atomic E-state index is 10.7. The van der Waals surface area contributed by atoms with Crippen molar-refractivity contribution in [2.45, 2.75) is 0 Å². The molecule has 0 aromatic carbocycles. The average molecular weight is 253 g/mol. The van der Waals surface area contributed by atoms with E-state index in [2.05, 4.69) is 20.3 Å². The summed E-state index contributed by atoms with van der Waals surface area (Å²) in [5.41, 5.74) is 1.19. The Labute approximate surface area is 98.2 Å². The Morgan fingerprint density at radius 2 is 2.00 bits per heavy atom. The molecule has 0 aliphatic heterocycles. The van der Waals surface area contributed by atoms with Crippen LogP contribution in [-0.2, 0) is 10.0 Å². The Morgan fingerprint density at radius 1 is 1.24 bits per heavy atom. The molecule has 17 heavy (non-hydrogen) atoms.